The standard InChI is InChI=1S/C17H20N4O2/c1-23-14-6-2-12(3-7-14)8-9-18-16-10-15(19-11-20-16)17(22)21-13-4-5-13/h2-3,6-7,10-11,13H,4-5,8-9H2,1H3,(H,21,22)(H,18,19,20). The van der Waals surface area contributed by atoms with Gasteiger partial charge in [-0.15, -0.1) is 0 Å². The number of hydrogen-bond acceptors (Lipinski definition) is 5. The highest BCUT2D eigenvalue weighted by atomic mass is 16.5. The normalized spacial score (nSPS) is 13.4. The molecule has 0 aliphatic heterocycles. The van der Waals surface area contributed by atoms with Gasteiger partial charge in [0, 0.05) is 18.7 Å². The Labute approximate surface area is 135 Å². The van der Waals surface area contributed by atoms with Gasteiger partial charge in [-0.1, -0.05) is 12.1 Å². The van der Waals surface area contributed by atoms with Crippen LogP contribution in [0.5, 0.6) is 5.75 Å². The lowest BCUT2D eigenvalue weighted by Gasteiger charge is -2.08. The number of nitrogens with zero attached hydrogens (tertiary/aromatic N) is 2. The van der Waals surface area contributed by atoms with Gasteiger partial charge in [-0.25, -0.2) is 9.97 Å². The number of ether oxygens (including phenoxy) is 1. The van der Waals surface area contributed by atoms with E-state index in [4.69, 9.17) is 4.74 Å². The number of anilines is 1. The van der Waals surface area contributed by atoms with Crippen molar-refractivity contribution in [2.45, 2.75) is 25.3 Å². The van der Waals surface area contributed by atoms with Gasteiger partial charge in [0.25, 0.3) is 5.91 Å². The largest absolute Gasteiger partial charge is 0.497 e. The summed E-state index contributed by atoms with van der Waals surface area (Å²) in [5.41, 5.74) is 1.61. The van der Waals surface area contributed by atoms with Crippen LogP contribution in [0.3, 0.4) is 0 Å². The van der Waals surface area contributed by atoms with Gasteiger partial charge >= 0.3 is 0 Å². The predicted octanol–water partition coefficient (Wildman–Crippen LogP) is 2.03. The zero-order valence-corrected chi connectivity index (χ0v) is 13.1. The molecule has 23 heavy (non-hydrogen) atoms. The van der Waals surface area contributed by atoms with E-state index in [2.05, 4.69) is 20.6 Å². The SMILES string of the molecule is COc1ccc(CCNc2cc(C(=O)NC3CC3)ncn2)cc1. The van der Waals surface area contributed by atoms with E-state index in [-0.39, 0.29) is 5.91 Å². The zero-order chi connectivity index (χ0) is 16.1. The fourth-order valence-electron chi connectivity index (χ4n) is 2.19. The van der Waals surface area contributed by atoms with Crippen molar-refractivity contribution < 1.29 is 9.53 Å². The number of hydrogen-bond donors (Lipinski definition) is 2. The van der Waals surface area contributed by atoms with Gasteiger partial charge in [-0.2, -0.15) is 0 Å². The van der Waals surface area contributed by atoms with Gasteiger partial charge in [0.05, 0.1) is 7.11 Å². The first-order valence-corrected chi connectivity index (χ1v) is 7.74. The van der Waals surface area contributed by atoms with Crippen LogP contribution < -0.4 is 15.4 Å². The third kappa shape index (κ3) is 4.42. The summed E-state index contributed by atoms with van der Waals surface area (Å²) in [6.45, 7) is 0.729. The number of benzene rings is 1. The molecule has 0 bridgehead atoms. The number of carbonyl (C=O) groups excluding carboxylic acids is 1. The third-order valence-electron chi connectivity index (χ3n) is 3.69. The molecule has 2 aromatic rings. The van der Waals surface area contributed by atoms with Crippen LogP contribution in [0.2, 0.25) is 0 Å². The van der Waals surface area contributed by atoms with Crippen molar-refractivity contribution in [3.05, 3.63) is 47.9 Å². The lowest BCUT2D eigenvalue weighted by Crippen LogP contribution is -2.26. The maximum atomic E-state index is 12.0. The van der Waals surface area contributed by atoms with E-state index >= 15 is 0 Å². The maximum Gasteiger partial charge on any atom is 0.270 e. The van der Waals surface area contributed by atoms with Crippen LogP contribution in [-0.2, 0) is 6.42 Å². The van der Waals surface area contributed by atoms with Crippen LogP contribution in [-0.4, -0.2) is 35.6 Å². The van der Waals surface area contributed by atoms with Crippen molar-refractivity contribution in [1.29, 1.82) is 0 Å². The topological polar surface area (TPSA) is 76.1 Å². The molecule has 2 N–H and O–H groups in total. The van der Waals surface area contributed by atoms with Gasteiger partial charge < -0.3 is 15.4 Å². The van der Waals surface area contributed by atoms with Crippen LogP contribution in [0.25, 0.3) is 0 Å². The molecule has 6 heteroatoms. The molecule has 3 rings (SSSR count). The van der Waals surface area contributed by atoms with Gasteiger partial charge in [-0.05, 0) is 37.0 Å². The van der Waals surface area contributed by atoms with Crippen molar-refractivity contribution in [1.82, 2.24) is 15.3 Å². The molecule has 1 aromatic carbocycles. The van der Waals surface area contributed by atoms with E-state index in [1.165, 1.54) is 11.9 Å². The van der Waals surface area contributed by atoms with E-state index in [0.717, 1.165) is 31.6 Å². The molecule has 0 unspecified atom stereocenters. The molecule has 6 nitrogen and oxygen atoms in total. The van der Waals surface area contributed by atoms with E-state index in [9.17, 15) is 4.79 Å². The Hall–Kier alpha value is -2.63. The first-order chi connectivity index (χ1) is 11.2. The summed E-state index contributed by atoms with van der Waals surface area (Å²) < 4.78 is 5.14. The molecule has 120 valence electrons. The zero-order valence-electron chi connectivity index (χ0n) is 13.1. The molecular weight excluding hydrogens is 292 g/mol. The third-order valence-corrected chi connectivity index (χ3v) is 3.69. The first-order valence-electron chi connectivity index (χ1n) is 7.74. The Morgan fingerprint density at radius 1 is 1.26 bits per heavy atom. The highest BCUT2D eigenvalue weighted by Gasteiger charge is 2.24. The molecule has 0 spiro atoms. The van der Waals surface area contributed by atoms with E-state index < -0.39 is 0 Å². The van der Waals surface area contributed by atoms with Gasteiger partial charge in [0.15, 0.2) is 0 Å². The number of nitrogens with one attached hydrogen (secondary N) is 2. The van der Waals surface area contributed by atoms with E-state index in [1.807, 2.05) is 24.3 Å². The van der Waals surface area contributed by atoms with Gasteiger partial charge in [0.1, 0.15) is 23.6 Å². The van der Waals surface area contributed by atoms with E-state index in [1.54, 1.807) is 13.2 Å². The molecule has 1 aromatic heterocycles. The molecule has 1 aliphatic carbocycles. The highest BCUT2D eigenvalue weighted by molar-refractivity contribution is 5.93. The average Bonchev–Trinajstić information content (AvgIpc) is 3.40. The van der Waals surface area contributed by atoms with Crippen molar-refractivity contribution in [2.75, 3.05) is 19.0 Å². The van der Waals surface area contributed by atoms with Crippen LogP contribution >= 0.6 is 0 Å². The summed E-state index contributed by atoms with van der Waals surface area (Å²) >= 11 is 0. The maximum absolute atomic E-state index is 12.0. The summed E-state index contributed by atoms with van der Waals surface area (Å²) in [5.74, 6) is 1.38. The lowest BCUT2D eigenvalue weighted by atomic mass is 10.1. The number of carbonyl (C=O) groups is 1. The second-order valence-electron chi connectivity index (χ2n) is 5.56. The molecule has 0 atom stereocenters. The Balaban J connectivity index is 1.52. The highest BCUT2D eigenvalue weighted by Crippen LogP contribution is 2.19. The van der Waals surface area contributed by atoms with Crippen LogP contribution in [0, 0.1) is 0 Å². The molecule has 1 aliphatic rings. The molecule has 0 saturated heterocycles. The van der Waals surface area contributed by atoms with Crippen LogP contribution in [0.15, 0.2) is 36.7 Å². The van der Waals surface area contributed by atoms with Gasteiger partial charge in [-0.3, -0.25) is 4.79 Å². The molecule has 1 fully saturated rings. The summed E-state index contributed by atoms with van der Waals surface area (Å²) in [6, 6.07) is 9.97. The molecule has 1 amide bonds. The Morgan fingerprint density at radius 3 is 2.74 bits per heavy atom. The second kappa shape index (κ2) is 7.09. The summed E-state index contributed by atoms with van der Waals surface area (Å²) in [5, 5.41) is 6.14. The van der Waals surface area contributed by atoms with Crippen LogP contribution in [0.1, 0.15) is 28.9 Å². The number of rotatable bonds is 7. The van der Waals surface area contributed by atoms with Crippen molar-refractivity contribution in [3.63, 3.8) is 0 Å². The van der Waals surface area contributed by atoms with Gasteiger partial charge in [0.2, 0.25) is 0 Å². The van der Waals surface area contributed by atoms with Crippen molar-refractivity contribution in [2.24, 2.45) is 0 Å². The number of aromatic nitrogens is 2. The van der Waals surface area contributed by atoms with E-state index in [0.29, 0.717) is 17.6 Å². The number of amides is 1. The molecule has 1 saturated carbocycles. The smallest absolute Gasteiger partial charge is 0.270 e. The van der Waals surface area contributed by atoms with Crippen molar-refractivity contribution >= 4 is 11.7 Å². The fraction of sp³-hybridized carbons (Fsp3) is 0.353. The Bertz CT molecular complexity index is 669. The predicted molar refractivity (Wildman–Crippen MR) is 87.7 cm³/mol. The first kappa shape index (κ1) is 15.3. The minimum atomic E-state index is -0.131. The molecule has 1 heterocycles. The fourth-order valence-corrected chi connectivity index (χ4v) is 2.19. The quantitative estimate of drug-likeness (QED) is 0.818. The monoisotopic (exact) mass is 312 g/mol. The minimum absolute atomic E-state index is 0.131. The minimum Gasteiger partial charge on any atom is -0.497 e. The Morgan fingerprint density at radius 2 is 2.04 bits per heavy atom. The molecule has 0 radical (unpaired) electrons. The van der Waals surface area contributed by atoms with Crippen LogP contribution in [0.4, 0.5) is 5.82 Å². The lowest BCUT2D eigenvalue weighted by molar-refractivity contribution is 0.0946. The summed E-state index contributed by atoms with van der Waals surface area (Å²) in [6.07, 6.45) is 4.39. The summed E-state index contributed by atoms with van der Waals surface area (Å²) in [4.78, 5) is 20.1. The summed E-state index contributed by atoms with van der Waals surface area (Å²) in [7, 11) is 1.66. The average molecular weight is 312 g/mol. The molecular formula is C17H20N4O2. The van der Waals surface area contributed by atoms with Crippen molar-refractivity contribution in [3.8, 4) is 5.75 Å². The second-order valence-corrected chi connectivity index (χ2v) is 5.56. The Kier molecular flexibility index (Phi) is 4.71. The number of methoxy groups -OCH3 is 1.